The quantitative estimate of drug-likeness (QED) is 0.477. The van der Waals surface area contributed by atoms with Crippen molar-refractivity contribution in [1.29, 1.82) is 0 Å². The molecule has 0 unspecified atom stereocenters. The van der Waals surface area contributed by atoms with Crippen molar-refractivity contribution in [3.8, 4) is 0 Å². The Kier molecular flexibility index (Phi) is 4.72. The summed E-state index contributed by atoms with van der Waals surface area (Å²) in [4.78, 5) is 0. The van der Waals surface area contributed by atoms with E-state index in [0.717, 1.165) is 20.9 Å². The molecule has 0 spiro atoms. The number of thiol groups is 1. The van der Waals surface area contributed by atoms with Gasteiger partial charge in [0.05, 0.1) is 0 Å². The van der Waals surface area contributed by atoms with Crippen LogP contribution in [-0.4, -0.2) is 21.7 Å². The van der Waals surface area contributed by atoms with Gasteiger partial charge in [-0.25, -0.2) is 0 Å². The maximum absolute atomic E-state index is 4.06. The number of aryl methyl sites for hydroxylation is 1. The van der Waals surface area contributed by atoms with Crippen molar-refractivity contribution < 1.29 is 0 Å². The fourth-order valence-electron chi connectivity index (χ4n) is 0.599. The first-order chi connectivity index (χ1) is 5.83. The van der Waals surface area contributed by atoms with Crippen LogP contribution < -0.4 is 0 Å². The second-order valence-corrected chi connectivity index (χ2v) is 4.87. The van der Waals surface area contributed by atoms with Crippen molar-refractivity contribution in [3.63, 3.8) is 0 Å². The van der Waals surface area contributed by atoms with Crippen LogP contribution in [0.3, 0.4) is 0 Å². The van der Waals surface area contributed by atoms with Gasteiger partial charge in [-0.2, -0.15) is 12.6 Å². The highest BCUT2D eigenvalue weighted by Crippen LogP contribution is 2.21. The lowest BCUT2D eigenvalue weighted by Crippen LogP contribution is -1.73. The molecule has 1 aromatic heterocycles. The SMILES string of the molecule is Cc1nnc(SCC=CCS)s1. The number of nitrogens with zero attached hydrogens (tertiary/aromatic N) is 2. The summed E-state index contributed by atoms with van der Waals surface area (Å²) >= 11 is 7.40. The molecule has 1 aromatic rings. The lowest BCUT2D eigenvalue weighted by molar-refractivity contribution is 0.985. The Morgan fingerprint density at radius 3 is 2.92 bits per heavy atom. The van der Waals surface area contributed by atoms with Crippen LogP contribution in [0, 0.1) is 6.92 Å². The molecule has 66 valence electrons. The molecule has 1 heterocycles. The zero-order valence-electron chi connectivity index (χ0n) is 6.73. The van der Waals surface area contributed by atoms with E-state index < -0.39 is 0 Å². The first-order valence-corrected chi connectivity index (χ1v) is 5.95. The highest BCUT2D eigenvalue weighted by Gasteiger charge is 1.97. The third kappa shape index (κ3) is 3.60. The minimum absolute atomic E-state index is 0.801. The Hall–Kier alpha value is -0.0000000000000000833. The predicted molar refractivity (Wildman–Crippen MR) is 58.4 cm³/mol. The molecular formula is C7H10N2S3. The zero-order chi connectivity index (χ0) is 8.81. The molecule has 0 radical (unpaired) electrons. The normalized spacial score (nSPS) is 11.2. The van der Waals surface area contributed by atoms with Gasteiger partial charge in [0.2, 0.25) is 0 Å². The van der Waals surface area contributed by atoms with Gasteiger partial charge in [-0.05, 0) is 6.92 Å². The Morgan fingerprint density at radius 2 is 2.33 bits per heavy atom. The molecule has 0 bridgehead atoms. The monoisotopic (exact) mass is 218 g/mol. The molecule has 0 aliphatic rings. The van der Waals surface area contributed by atoms with Gasteiger partial charge in [-0.1, -0.05) is 35.3 Å². The van der Waals surface area contributed by atoms with Gasteiger partial charge >= 0.3 is 0 Å². The van der Waals surface area contributed by atoms with Crippen LogP contribution in [0.4, 0.5) is 0 Å². The molecule has 2 nitrogen and oxygen atoms in total. The van der Waals surface area contributed by atoms with E-state index in [2.05, 4.69) is 28.9 Å². The standard InChI is InChI=1S/C7H10N2S3/c1-6-8-9-7(12-6)11-5-3-2-4-10/h2-3,10H,4-5H2,1H3. The van der Waals surface area contributed by atoms with Crippen LogP contribution in [0.1, 0.15) is 5.01 Å². The molecule has 0 N–H and O–H groups in total. The zero-order valence-corrected chi connectivity index (χ0v) is 9.25. The van der Waals surface area contributed by atoms with Crippen molar-refractivity contribution in [2.75, 3.05) is 11.5 Å². The molecule has 0 saturated carbocycles. The summed E-state index contributed by atoms with van der Waals surface area (Å²) < 4.78 is 1.04. The van der Waals surface area contributed by atoms with Gasteiger partial charge in [0.1, 0.15) is 5.01 Å². The van der Waals surface area contributed by atoms with Gasteiger partial charge in [-0.15, -0.1) is 10.2 Å². The second-order valence-electron chi connectivity index (χ2n) is 2.05. The molecule has 12 heavy (non-hydrogen) atoms. The van der Waals surface area contributed by atoms with Gasteiger partial charge in [0.25, 0.3) is 0 Å². The van der Waals surface area contributed by atoms with Gasteiger partial charge in [-0.3, -0.25) is 0 Å². The van der Waals surface area contributed by atoms with Crippen LogP contribution in [0.15, 0.2) is 16.5 Å². The Labute approximate surface area is 85.9 Å². The summed E-state index contributed by atoms with van der Waals surface area (Å²) in [5, 5.41) is 8.94. The molecule has 0 aliphatic heterocycles. The van der Waals surface area contributed by atoms with Crippen molar-refractivity contribution >= 4 is 35.7 Å². The third-order valence-electron chi connectivity index (χ3n) is 1.08. The van der Waals surface area contributed by atoms with E-state index in [1.54, 1.807) is 23.1 Å². The third-order valence-corrected chi connectivity index (χ3v) is 3.22. The summed E-state index contributed by atoms with van der Waals surface area (Å²) in [5.74, 6) is 1.75. The van der Waals surface area contributed by atoms with Gasteiger partial charge in [0.15, 0.2) is 4.34 Å². The number of thioether (sulfide) groups is 1. The van der Waals surface area contributed by atoms with E-state index in [4.69, 9.17) is 0 Å². The first-order valence-electron chi connectivity index (χ1n) is 3.51. The van der Waals surface area contributed by atoms with Crippen molar-refractivity contribution in [2.45, 2.75) is 11.3 Å². The highest BCUT2D eigenvalue weighted by molar-refractivity contribution is 8.01. The number of rotatable bonds is 4. The maximum Gasteiger partial charge on any atom is 0.174 e. The Balaban J connectivity index is 2.28. The predicted octanol–water partition coefficient (Wildman–Crippen LogP) is 2.42. The van der Waals surface area contributed by atoms with E-state index in [1.165, 1.54) is 0 Å². The fourth-order valence-corrected chi connectivity index (χ4v) is 2.44. The smallest absolute Gasteiger partial charge is 0.174 e. The van der Waals surface area contributed by atoms with Crippen LogP contribution in [-0.2, 0) is 0 Å². The average Bonchev–Trinajstić information content (AvgIpc) is 2.45. The summed E-state index contributed by atoms with van der Waals surface area (Å²) in [7, 11) is 0. The fraction of sp³-hybridized carbons (Fsp3) is 0.429. The number of aromatic nitrogens is 2. The Morgan fingerprint density at radius 1 is 1.50 bits per heavy atom. The topological polar surface area (TPSA) is 25.8 Å². The molecule has 0 atom stereocenters. The van der Waals surface area contributed by atoms with E-state index in [-0.39, 0.29) is 0 Å². The summed E-state index contributed by atoms with van der Waals surface area (Å²) in [5.41, 5.74) is 0. The molecule has 0 fully saturated rings. The molecule has 1 rings (SSSR count). The molecule has 0 aromatic carbocycles. The van der Waals surface area contributed by atoms with Crippen molar-refractivity contribution in [2.24, 2.45) is 0 Å². The van der Waals surface area contributed by atoms with Gasteiger partial charge in [0, 0.05) is 11.5 Å². The van der Waals surface area contributed by atoms with Crippen molar-refractivity contribution in [1.82, 2.24) is 10.2 Å². The van der Waals surface area contributed by atoms with Crippen molar-refractivity contribution in [3.05, 3.63) is 17.2 Å². The van der Waals surface area contributed by atoms with E-state index in [0.29, 0.717) is 0 Å². The Bertz CT molecular complexity index is 257. The van der Waals surface area contributed by atoms with Gasteiger partial charge < -0.3 is 0 Å². The highest BCUT2D eigenvalue weighted by atomic mass is 32.2. The second kappa shape index (κ2) is 5.61. The molecule has 0 saturated heterocycles. The minimum atomic E-state index is 0.801. The van der Waals surface area contributed by atoms with Crippen LogP contribution in [0.2, 0.25) is 0 Å². The lowest BCUT2D eigenvalue weighted by Gasteiger charge is -1.87. The lowest BCUT2D eigenvalue weighted by atomic mass is 10.6. The molecular weight excluding hydrogens is 208 g/mol. The summed E-state index contributed by atoms with van der Waals surface area (Å²) in [6, 6.07) is 0. The molecule has 0 amide bonds. The minimum Gasteiger partial charge on any atom is -0.175 e. The molecule has 0 aliphatic carbocycles. The van der Waals surface area contributed by atoms with E-state index in [1.807, 2.05) is 13.0 Å². The van der Waals surface area contributed by atoms with Crippen LogP contribution >= 0.6 is 35.7 Å². The summed E-state index contributed by atoms with van der Waals surface area (Å²) in [6.07, 6.45) is 4.12. The van der Waals surface area contributed by atoms with E-state index >= 15 is 0 Å². The number of hydrogen-bond donors (Lipinski definition) is 1. The maximum atomic E-state index is 4.06. The summed E-state index contributed by atoms with van der Waals surface area (Å²) in [6.45, 7) is 1.96. The van der Waals surface area contributed by atoms with Crippen LogP contribution in [0.25, 0.3) is 0 Å². The first kappa shape index (κ1) is 10.1. The average molecular weight is 218 g/mol. The van der Waals surface area contributed by atoms with Crippen LogP contribution in [0.5, 0.6) is 0 Å². The molecule has 5 heteroatoms. The number of hydrogen-bond acceptors (Lipinski definition) is 5. The van der Waals surface area contributed by atoms with E-state index in [9.17, 15) is 0 Å². The largest absolute Gasteiger partial charge is 0.175 e.